The Hall–Kier alpha value is -4.48. The van der Waals surface area contributed by atoms with Crippen LogP contribution in [0, 0.1) is 0 Å². The monoisotopic (exact) mass is 474 g/mol. The highest BCUT2D eigenvalue weighted by atomic mass is 16.6. The zero-order chi connectivity index (χ0) is 25.7. The second kappa shape index (κ2) is 13.8. The van der Waals surface area contributed by atoms with E-state index < -0.39 is 24.0 Å². The van der Waals surface area contributed by atoms with Crippen LogP contribution in [0.5, 0.6) is 0 Å². The van der Waals surface area contributed by atoms with Crippen molar-refractivity contribution in [2.24, 2.45) is 9.98 Å². The first-order valence-corrected chi connectivity index (χ1v) is 10.0. The van der Waals surface area contributed by atoms with Gasteiger partial charge < -0.3 is 19.7 Å². The number of ether oxygens (including phenoxy) is 2. The van der Waals surface area contributed by atoms with Crippen molar-refractivity contribution in [3.8, 4) is 0 Å². The predicted octanol–water partition coefficient (Wildman–Crippen LogP) is 3.30. The summed E-state index contributed by atoms with van der Waals surface area (Å²) in [7, 11) is 0. The normalized spacial score (nSPS) is 12.6. The SMILES string of the molecule is CCOC(=O)NC(=O)/C(C=Nc1ccc(N=C/C(C(=O)NC(=O)OCC)=C(/C)O)cc1)=C(/C)O. The number of carbonyl (C=O) groups excluding carboxylic acids is 4. The molecule has 182 valence electrons. The molecule has 12 heteroatoms. The van der Waals surface area contributed by atoms with Gasteiger partial charge in [-0.1, -0.05) is 0 Å². The number of hydrogen-bond donors (Lipinski definition) is 4. The van der Waals surface area contributed by atoms with Crippen molar-refractivity contribution < 1.29 is 38.9 Å². The smallest absolute Gasteiger partial charge is 0.414 e. The van der Waals surface area contributed by atoms with E-state index >= 15 is 0 Å². The number of aliphatic hydroxyl groups excluding tert-OH is 2. The van der Waals surface area contributed by atoms with E-state index in [4.69, 9.17) is 0 Å². The van der Waals surface area contributed by atoms with Crippen molar-refractivity contribution >= 4 is 47.8 Å². The molecule has 1 aromatic carbocycles. The molecule has 4 amide bonds. The molecule has 4 N–H and O–H groups in total. The lowest BCUT2D eigenvalue weighted by Crippen LogP contribution is -2.33. The van der Waals surface area contributed by atoms with Crippen LogP contribution in [-0.4, -0.2) is 59.9 Å². The fourth-order valence-electron chi connectivity index (χ4n) is 2.19. The Bertz CT molecular complexity index is 948. The predicted molar refractivity (Wildman–Crippen MR) is 124 cm³/mol. The highest BCUT2D eigenvalue weighted by Crippen LogP contribution is 2.19. The summed E-state index contributed by atoms with van der Waals surface area (Å²) in [4.78, 5) is 55.1. The molecule has 1 aromatic rings. The summed E-state index contributed by atoms with van der Waals surface area (Å²) in [6, 6.07) is 6.13. The third-order valence-electron chi connectivity index (χ3n) is 3.79. The summed E-state index contributed by atoms with van der Waals surface area (Å²) in [5.41, 5.74) is 0.290. The van der Waals surface area contributed by atoms with E-state index in [9.17, 15) is 29.4 Å². The zero-order valence-electron chi connectivity index (χ0n) is 19.1. The molecular formula is C22H26N4O8. The van der Waals surface area contributed by atoms with Gasteiger partial charge in [0.15, 0.2) is 0 Å². The number of carbonyl (C=O) groups is 4. The van der Waals surface area contributed by atoms with E-state index in [1.807, 2.05) is 10.6 Å². The van der Waals surface area contributed by atoms with Crippen LogP contribution in [0.25, 0.3) is 0 Å². The summed E-state index contributed by atoms with van der Waals surface area (Å²) in [5.74, 6) is -2.48. The largest absolute Gasteiger partial charge is 0.512 e. The van der Waals surface area contributed by atoms with Gasteiger partial charge in [-0.15, -0.1) is 0 Å². The zero-order valence-corrected chi connectivity index (χ0v) is 19.1. The second-order valence-corrected chi connectivity index (χ2v) is 6.38. The van der Waals surface area contributed by atoms with Crippen LogP contribution in [0.4, 0.5) is 21.0 Å². The summed E-state index contributed by atoms with van der Waals surface area (Å²) in [5, 5.41) is 23.3. The Kier molecular flexibility index (Phi) is 11.2. The van der Waals surface area contributed by atoms with Gasteiger partial charge in [-0.05, 0) is 52.0 Å². The lowest BCUT2D eigenvalue weighted by molar-refractivity contribution is -0.117. The van der Waals surface area contributed by atoms with E-state index in [2.05, 4.69) is 19.5 Å². The number of alkyl carbamates (subject to hydrolysis) is 2. The first kappa shape index (κ1) is 27.6. The highest BCUT2D eigenvalue weighted by molar-refractivity contribution is 6.17. The Morgan fingerprint density at radius 2 is 1.09 bits per heavy atom. The van der Waals surface area contributed by atoms with Gasteiger partial charge in [0.1, 0.15) is 11.5 Å². The minimum absolute atomic E-state index is 0.0738. The minimum atomic E-state index is -0.954. The van der Waals surface area contributed by atoms with Crippen LogP contribution in [0.15, 0.2) is 56.9 Å². The van der Waals surface area contributed by atoms with Crippen molar-refractivity contribution in [1.29, 1.82) is 0 Å². The topological polar surface area (TPSA) is 176 Å². The molecule has 0 heterocycles. The van der Waals surface area contributed by atoms with Gasteiger partial charge in [0.25, 0.3) is 11.8 Å². The van der Waals surface area contributed by atoms with E-state index in [1.54, 1.807) is 13.8 Å². The van der Waals surface area contributed by atoms with Crippen LogP contribution >= 0.6 is 0 Å². The fraction of sp³-hybridized carbons (Fsp3) is 0.273. The first-order valence-electron chi connectivity index (χ1n) is 10.0. The minimum Gasteiger partial charge on any atom is -0.512 e. The number of aliphatic hydroxyl groups is 2. The number of nitrogens with one attached hydrogen (secondary N) is 2. The Balaban J connectivity index is 2.93. The van der Waals surface area contributed by atoms with Gasteiger partial charge in [0, 0.05) is 12.4 Å². The summed E-state index contributed by atoms with van der Waals surface area (Å²) in [6.45, 7) is 5.82. The number of benzene rings is 1. The maximum Gasteiger partial charge on any atom is 0.414 e. The lowest BCUT2D eigenvalue weighted by Gasteiger charge is -2.06. The van der Waals surface area contributed by atoms with Crippen LogP contribution in [0.1, 0.15) is 27.7 Å². The number of rotatable bonds is 8. The third kappa shape index (κ3) is 9.34. The number of hydrogen-bond acceptors (Lipinski definition) is 10. The summed E-state index contributed by atoms with van der Waals surface area (Å²) in [6.07, 6.45) is 0.254. The van der Waals surface area contributed by atoms with Gasteiger partial charge in [-0.25, -0.2) is 9.59 Å². The number of imide groups is 2. The molecule has 1 rings (SSSR count). The van der Waals surface area contributed by atoms with Crippen molar-refractivity contribution in [2.75, 3.05) is 13.2 Å². The van der Waals surface area contributed by atoms with Crippen molar-refractivity contribution in [3.05, 3.63) is 46.9 Å². The van der Waals surface area contributed by atoms with Gasteiger partial charge in [-0.3, -0.25) is 30.2 Å². The quantitative estimate of drug-likeness (QED) is 0.252. The lowest BCUT2D eigenvalue weighted by atomic mass is 10.2. The molecule has 34 heavy (non-hydrogen) atoms. The number of allylic oxidation sites excluding steroid dienone is 2. The first-order chi connectivity index (χ1) is 16.1. The van der Waals surface area contributed by atoms with Crippen molar-refractivity contribution in [1.82, 2.24) is 10.6 Å². The highest BCUT2D eigenvalue weighted by Gasteiger charge is 2.16. The summed E-state index contributed by atoms with van der Waals surface area (Å²) >= 11 is 0. The number of aliphatic imine (C=N–C) groups is 2. The standard InChI is InChI=1S/C22H26N4O8/c1-5-33-21(31)25-19(29)17(13(3)27)11-23-15-7-9-16(10-8-15)24-12-18(14(4)28)20(30)26-22(32)34-6-2/h7-12,27-28H,5-6H2,1-4H3,(H,25,29,31)(H,26,30,32)/b17-13-,18-14+,23-11?,24-12?. The molecule has 0 aromatic heterocycles. The third-order valence-corrected chi connectivity index (χ3v) is 3.79. The molecule has 0 aliphatic heterocycles. The van der Waals surface area contributed by atoms with Gasteiger partial charge >= 0.3 is 12.2 Å². The van der Waals surface area contributed by atoms with E-state index in [0.29, 0.717) is 11.4 Å². The Labute approximate surface area is 195 Å². The van der Waals surface area contributed by atoms with Gasteiger partial charge in [-0.2, -0.15) is 0 Å². The molecule has 0 aliphatic rings. The summed E-state index contributed by atoms with van der Waals surface area (Å²) < 4.78 is 9.24. The van der Waals surface area contributed by atoms with Crippen LogP contribution in [-0.2, 0) is 19.1 Å². The van der Waals surface area contributed by atoms with E-state index in [1.165, 1.54) is 38.1 Å². The van der Waals surface area contributed by atoms with Crippen LogP contribution in [0.3, 0.4) is 0 Å². The second-order valence-electron chi connectivity index (χ2n) is 6.38. The molecular weight excluding hydrogens is 448 g/mol. The number of amides is 4. The van der Waals surface area contributed by atoms with Crippen LogP contribution < -0.4 is 10.6 Å². The maximum absolute atomic E-state index is 12.1. The molecule has 0 spiro atoms. The molecule has 0 unspecified atom stereocenters. The average Bonchev–Trinajstić information content (AvgIpc) is 2.74. The maximum atomic E-state index is 12.1. The van der Waals surface area contributed by atoms with E-state index in [-0.39, 0.29) is 35.9 Å². The Morgan fingerprint density at radius 1 is 0.765 bits per heavy atom. The molecule has 0 bridgehead atoms. The van der Waals surface area contributed by atoms with Crippen LogP contribution in [0.2, 0.25) is 0 Å². The average molecular weight is 474 g/mol. The molecule has 0 aliphatic carbocycles. The molecule has 12 nitrogen and oxygen atoms in total. The molecule has 0 fully saturated rings. The fourth-order valence-corrected chi connectivity index (χ4v) is 2.19. The molecule has 0 atom stereocenters. The molecule has 0 radical (unpaired) electrons. The molecule has 0 saturated carbocycles. The van der Waals surface area contributed by atoms with Gasteiger partial charge in [0.05, 0.1) is 35.7 Å². The van der Waals surface area contributed by atoms with Crippen molar-refractivity contribution in [3.63, 3.8) is 0 Å². The van der Waals surface area contributed by atoms with Crippen molar-refractivity contribution in [2.45, 2.75) is 27.7 Å². The molecule has 0 saturated heterocycles. The van der Waals surface area contributed by atoms with Gasteiger partial charge in [0.2, 0.25) is 0 Å². The Morgan fingerprint density at radius 3 is 1.35 bits per heavy atom. The van der Waals surface area contributed by atoms with E-state index in [0.717, 1.165) is 12.4 Å². The number of nitrogens with zero attached hydrogens (tertiary/aromatic N) is 2.